The molecule has 0 radical (unpaired) electrons. The molecule has 0 fully saturated rings. The minimum atomic E-state index is -1.03. The summed E-state index contributed by atoms with van der Waals surface area (Å²) in [6.07, 6.45) is 0. The molecule has 0 atom stereocenters. The number of nitrogens with zero attached hydrogens (tertiary/aromatic N) is 1. The SMILES string of the molecule is CC(C)N(CC(=O)O)C(=O)Nc1ccc(Br)c(I)c1. The highest BCUT2D eigenvalue weighted by Crippen LogP contribution is 2.22. The standard InChI is InChI=1S/C12H14BrIN2O3/c1-7(2)16(6-11(17)18)12(19)15-8-3-4-9(13)10(14)5-8/h3-5,7H,6H2,1-2H3,(H,15,19)(H,17,18). The lowest BCUT2D eigenvalue weighted by molar-refractivity contribution is -0.137. The average molecular weight is 441 g/mol. The van der Waals surface area contributed by atoms with Crippen LogP contribution >= 0.6 is 38.5 Å². The zero-order valence-corrected chi connectivity index (χ0v) is 14.2. The second-order valence-corrected chi connectivity index (χ2v) is 6.19. The fourth-order valence-electron chi connectivity index (χ4n) is 1.40. The highest BCUT2D eigenvalue weighted by atomic mass is 127. The van der Waals surface area contributed by atoms with E-state index < -0.39 is 12.0 Å². The van der Waals surface area contributed by atoms with Crippen molar-refractivity contribution >= 4 is 56.2 Å². The first-order chi connectivity index (χ1) is 8.81. The number of hydrogen-bond acceptors (Lipinski definition) is 2. The van der Waals surface area contributed by atoms with Crippen LogP contribution in [0.5, 0.6) is 0 Å². The molecule has 0 saturated heterocycles. The zero-order valence-electron chi connectivity index (χ0n) is 10.5. The largest absolute Gasteiger partial charge is 0.480 e. The minimum absolute atomic E-state index is 0.189. The van der Waals surface area contributed by atoms with Crippen molar-refractivity contribution in [3.05, 3.63) is 26.2 Å². The Morgan fingerprint density at radius 2 is 2.11 bits per heavy atom. The summed E-state index contributed by atoms with van der Waals surface area (Å²) in [6.45, 7) is 3.22. The van der Waals surface area contributed by atoms with Gasteiger partial charge in [0.25, 0.3) is 0 Å². The molecule has 0 aromatic heterocycles. The summed E-state index contributed by atoms with van der Waals surface area (Å²) < 4.78 is 1.90. The number of carbonyl (C=O) groups is 2. The smallest absolute Gasteiger partial charge is 0.323 e. The van der Waals surface area contributed by atoms with Crippen molar-refractivity contribution in [1.82, 2.24) is 4.90 Å². The molecule has 0 aliphatic heterocycles. The summed E-state index contributed by atoms with van der Waals surface area (Å²) in [6, 6.07) is 4.78. The van der Waals surface area contributed by atoms with Gasteiger partial charge in [-0.1, -0.05) is 0 Å². The lowest BCUT2D eigenvalue weighted by atomic mass is 10.3. The molecule has 104 valence electrons. The molecule has 0 aliphatic carbocycles. The third-order valence-corrected chi connectivity index (χ3v) is 4.69. The van der Waals surface area contributed by atoms with Crippen LogP contribution in [0.2, 0.25) is 0 Å². The van der Waals surface area contributed by atoms with Crippen LogP contribution < -0.4 is 5.32 Å². The van der Waals surface area contributed by atoms with Crippen molar-refractivity contribution in [2.24, 2.45) is 0 Å². The summed E-state index contributed by atoms with van der Waals surface area (Å²) in [5, 5.41) is 11.5. The molecule has 0 bridgehead atoms. The monoisotopic (exact) mass is 440 g/mol. The summed E-state index contributed by atoms with van der Waals surface area (Å²) in [7, 11) is 0. The highest BCUT2D eigenvalue weighted by molar-refractivity contribution is 14.1. The Balaban J connectivity index is 2.81. The van der Waals surface area contributed by atoms with E-state index in [9.17, 15) is 9.59 Å². The van der Waals surface area contributed by atoms with E-state index in [-0.39, 0.29) is 12.6 Å². The molecule has 1 aromatic carbocycles. The first-order valence-electron chi connectivity index (χ1n) is 5.55. The van der Waals surface area contributed by atoms with Gasteiger partial charge < -0.3 is 15.3 Å². The van der Waals surface area contributed by atoms with Crippen LogP contribution in [0.15, 0.2) is 22.7 Å². The summed E-state index contributed by atoms with van der Waals surface area (Å²) in [5.41, 5.74) is 0.633. The van der Waals surface area contributed by atoms with Gasteiger partial charge in [-0.2, -0.15) is 0 Å². The zero-order chi connectivity index (χ0) is 14.6. The number of nitrogens with one attached hydrogen (secondary N) is 1. The van der Waals surface area contributed by atoms with E-state index in [0.717, 1.165) is 8.04 Å². The molecular formula is C12H14BrIN2O3. The molecule has 0 saturated carbocycles. The van der Waals surface area contributed by atoms with Gasteiger partial charge in [0.15, 0.2) is 0 Å². The number of carbonyl (C=O) groups excluding carboxylic acids is 1. The minimum Gasteiger partial charge on any atom is -0.480 e. The van der Waals surface area contributed by atoms with E-state index >= 15 is 0 Å². The Labute approximate surface area is 133 Å². The number of carboxylic acid groups (broad SMARTS) is 1. The number of hydrogen-bond donors (Lipinski definition) is 2. The van der Waals surface area contributed by atoms with Crippen LogP contribution in [0.25, 0.3) is 0 Å². The lowest BCUT2D eigenvalue weighted by Crippen LogP contribution is -2.43. The van der Waals surface area contributed by atoms with Crippen molar-refractivity contribution < 1.29 is 14.7 Å². The summed E-state index contributed by atoms with van der Waals surface area (Å²) >= 11 is 5.51. The second kappa shape index (κ2) is 7.09. The molecule has 2 amide bonds. The number of amides is 2. The number of rotatable bonds is 4. The van der Waals surface area contributed by atoms with Crippen molar-refractivity contribution in [1.29, 1.82) is 0 Å². The third kappa shape index (κ3) is 4.98. The Morgan fingerprint density at radius 1 is 1.47 bits per heavy atom. The Bertz CT molecular complexity index is 494. The van der Waals surface area contributed by atoms with Gasteiger partial charge in [-0.05, 0) is 70.6 Å². The van der Waals surface area contributed by atoms with Crippen LogP contribution in [-0.4, -0.2) is 34.6 Å². The normalized spacial score (nSPS) is 10.4. The Kier molecular flexibility index (Phi) is 6.05. The van der Waals surface area contributed by atoms with Crippen LogP contribution in [0, 0.1) is 3.57 Å². The second-order valence-electron chi connectivity index (χ2n) is 4.17. The maximum atomic E-state index is 12.0. The number of aliphatic carboxylic acids is 1. The van der Waals surface area contributed by atoms with Crippen LogP contribution in [0.4, 0.5) is 10.5 Å². The van der Waals surface area contributed by atoms with Crippen molar-refractivity contribution in [2.45, 2.75) is 19.9 Å². The topological polar surface area (TPSA) is 69.6 Å². The van der Waals surface area contributed by atoms with Gasteiger partial charge in [-0.25, -0.2) is 4.79 Å². The van der Waals surface area contributed by atoms with Gasteiger partial charge in [0, 0.05) is 19.8 Å². The maximum absolute atomic E-state index is 12.0. The molecular weight excluding hydrogens is 427 g/mol. The highest BCUT2D eigenvalue weighted by Gasteiger charge is 2.19. The third-order valence-electron chi connectivity index (χ3n) is 2.36. The van der Waals surface area contributed by atoms with E-state index in [0.29, 0.717) is 5.69 Å². The van der Waals surface area contributed by atoms with Gasteiger partial charge in [-0.3, -0.25) is 4.79 Å². The molecule has 5 nitrogen and oxygen atoms in total. The van der Waals surface area contributed by atoms with Crippen LogP contribution in [0.1, 0.15) is 13.8 Å². The summed E-state index contributed by atoms with van der Waals surface area (Å²) in [5.74, 6) is -1.03. The van der Waals surface area contributed by atoms with E-state index in [4.69, 9.17) is 5.11 Å². The van der Waals surface area contributed by atoms with Crippen molar-refractivity contribution in [3.63, 3.8) is 0 Å². The number of anilines is 1. The fourth-order valence-corrected chi connectivity index (χ4v) is 2.17. The van der Waals surface area contributed by atoms with Gasteiger partial charge in [0.1, 0.15) is 6.54 Å². The van der Waals surface area contributed by atoms with E-state index in [2.05, 4.69) is 43.8 Å². The molecule has 0 unspecified atom stereocenters. The molecule has 19 heavy (non-hydrogen) atoms. The number of benzene rings is 1. The number of carboxylic acids is 1. The molecule has 0 aliphatic rings. The predicted molar refractivity (Wildman–Crippen MR) is 85.4 cm³/mol. The Hall–Kier alpha value is -0.830. The molecule has 0 spiro atoms. The van der Waals surface area contributed by atoms with Crippen LogP contribution in [-0.2, 0) is 4.79 Å². The first-order valence-corrected chi connectivity index (χ1v) is 7.43. The van der Waals surface area contributed by atoms with Gasteiger partial charge in [0.2, 0.25) is 0 Å². The Morgan fingerprint density at radius 3 is 2.58 bits per heavy atom. The number of urea groups is 1. The molecule has 2 N–H and O–H groups in total. The number of halogens is 2. The van der Waals surface area contributed by atoms with Crippen LogP contribution in [0.3, 0.4) is 0 Å². The van der Waals surface area contributed by atoms with E-state index in [1.165, 1.54) is 4.90 Å². The average Bonchev–Trinajstić information content (AvgIpc) is 2.30. The van der Waals surface area contributed by atoms with Crippen molar-refractivity contribution in [3.8, 4) is 0 Å². The quantitative estimate of drug-likeness (QED) is 0.705. The molecule has 0 heterocycles. The van der Waals surface area contributed by atoms with Gasteiger partial charge in [0.05, 0.1) is 0 Å². The molecule has 7 heteroatoms. The first kappa shape index (κ1) is 16.2. The predicted octanol–water partition coefficient (Wildman–Crippen LogP) is 3.38. The van der Waals surface area contributed by atoms with Crippen molar-refractivity contribution in [2.75, 3.05) is 11.9 Å². The summed E-state index contributed by atoms with van der Waals surface area (Å²) in [4.78, 5) is 24.0. The molecule has 1 aromatic rings. The van der Waals surface area contributed by atoms with Gasteiger partial charge in [-0.15, -0.1) is 0 Å². The lowest BCUT2D eigenvalue weighted by Gasteiger charge is -2.25. The van der Waals surface area contributed by atoms with Gasteiger partial charge >= 0.3 is 12.0 Å². The molecule has 1 rings (SSSR count). The van der Waals surface area contributed by atoms with E-state index in [1.54, 1.807) is 19.9 Å². The fraction of sp³-hybridized carbons (Fsp3) is 0.333. The van der Waals surface area contributed by atoms with E-state index in [1.807, 2.05) is 12.1 Å². The maximum Gasteiger partial charge on any atom is 0.323 e.